The number of hydrogen-bond acceptors (Lipinski definition) is 6. The number of benzene rings is 2. The number of imidazole rings is 1. The fraction of sp³-hybridized carbons (Fsp3) is 0.172. The van der Waals surface area contributed by atoms with Crippen LogP contribution >= 0.6 is 0 Å². The lowest BCUT2D eigenvalue weighted by atomic mass is 10.0. The van der Waals surface area contributed by atoms with Crippen LogP contribution in [0.2, 0.25) is 0 Å². The molecular weight excluding hydrogens is 450 g/mol. The van der Waals surface area contributed by atoms with E-state index in [1.807, 2.05) is 61.7 Å². The third kappa shape index (κ3) is 4.36. The average Bonchev–Trinajstić information content (AvgIpc) is 3.61. The Hall–Kier alpha value is -4.36. The van der Waals surface area contributed by atoms with Crippen molar-refractivity contribution in [2.24, 2.45) is 0 Å². The molecule has 3 aromatic heterocycles. The van der Waals surface area contributed by atoms with E-state index in [2.05, 4.69) is 37.4 Å². The first-order chi connectivity index (χ1) is 17.6. The predicted octanol–water partition coefficient (Wildman–Crippen LogP) is 5.18. The first-order valence-electron chi connectivity index (χ1n) is 12.0. The van der Waals surface area contributed by atoms with Gasteiger partial charge in [-0.05, 0) is 67.9 Å². The first-order valence-corrected chi connectivity index (χ1v) is 12.0. The SMILES string of the molecule is Cc1cccc(-c2[nH]cnc2-c2ccc3ncc(-c4cccc(C(=O)O[C@H]5CCNC5)c4)cc3c2)n1. The summed E-state index contributed by atoms with van der Waals surface area (Å²) in [7, 11) is 0. The van der Waals surface area contributed by atoms with Gasteiger partial charge in [-0.3, -0.25) is 9.97 Å². The van der Waals surface area contributed by atoms with E-state index in [4.69, 9.17) is 4.74 Å². The minimum Gasteiger partial charge on any atom is -0.457 e. The third-order valence-corrected chi connectivity index (χ3v) is 6.46. The molecule has 0 unspecified atom stereocenters. The predicted molar refractivity (Wildman–Crippen MR) is 139 cm³/mol. The fourth-order valence-corrected chi connectivity index (χ4v) is 4.60. The smallest absolute Gasteiger partial charge is 0.338 e. The summed E-state index contributed by atoms with van der Waals surface area (Å²) in [6.45, 7) is 3.56. The van der Waals surface area contributed by atoms with Crippen LogP contribution in [0.4, 0.5) is 0 Å². The molecule has 1 aliphatic heterocycles. The monoisotopic (exact) mass is 475 g/mol. The number of H-pyrrole nitrogens is 1. The molecule has 6 rings (SSSR count). The Morgan fingerprint density at radius 2 is 1.86 bits per heavy atom. The van der Waals surface area contributed by atoms with Crippen LogP contribution in [0, 0.1) is 6.92 Å². The molecule has 178 valence electrons. The number of rotatable bonds is 5. The molecule has 2 aromatic carbocycles. The molecule has 1 fully saturated rings. The maximum Gasteiger partial charge on any atom is 0.338 e. The van der Waals surface area contributed by atoms with Gasteiger partial charge in [0.2, 0.25) is 0 Å². The second-order valence-corrected chi connectivity index (χ2v) is 9.02. The van der Waals surface area contributed by atoms with Gasteiger partial charge in [-0.1, -0.05) is 24.3 Å². The second-order valence-electron chi connectivity index (χ2n) is 9.02. The van der Waals surface area contributed by atoms with Crippen LogP contribution in [-0.2, 0) is 4.74 Å². The molecule has 5 aromatic rings. The van der Waals surface area contributed by atoms with Gasteiger partial charge < -0.3 is 15.0 Å². The normalized spacial score (nSPS) is 15.3. The van der Waals surface area contributed by atoms with Crippen molar-refractivity contribution < 1.29 is 9.53 Å². The van der Waals surface area contributed by atoms with Crippen molar-refractivity contribution in [1.29, 1.82) is 0 Å². The minimum atomic E-state index is -0.294. The van der Waals surface area contributed by atoms with Crippen molar-refractivity contribution in [3.8, 4) is 33.8 Å². The highest BCUT2D eigenvalue weighted by atomic mass is 16.5. The van der Waals surface area contributed by atoms with E-state index in [0.717, 1.165) is 63.3 Å². The number of nitrogens with zero attached hydrogens (tertiary/aromatic N) is 3. The van der Waals surface area contributed by atoms with Gasteiger partial charge in [0.15, 0.2) is 0 Å². The number of ether oxygens (including phenoxy) is 1. The third-order valence-electron chi connectivity index (χ3n) is 6.46. The molecule has 1 saturated heterocycles. The number of aryl methyl sites for hydroxylation is 1. The minimum absolute atomic E-state index is 0.0659. The topological polar surface area (TPSA) is 92.8 Å². The second kappa shape index (κ2) is 9.36. The van der Waals surface area contributed by atoms with E-state index >= 15 is 0 Å². The quantitative estimate of drug-likeness (QED) is 0.340. The Bertz CT molecular complexity index is 1570. The lowest BCUT2D eigenvalue weighted by molar-refractivity contribution is 0.0344. The molecule has 0 aliphatic carbocycles. The van der Waals surface area contributed by atoms with Crippen molar-refractivity contribution >= 4 is 16.9 Å². The number of carbonyl (C=O) groups excluding carboxylic acids is 1. The molecule has 7 heteroatoms. The molecule has 7 nitrogen and oxygen atoms in total. The van der Waals surface area contributed by atoms with Crippen molar-refractivity contribution in [2.45, 2.75) is 19.4 Å². The zero-order valence-corrected chi connectivity index (χ0v) is 19.9. The summed E-state index contributed by atoms with van der Waals surface area (Å²) in [5, 5.41) is 4.20. The molecule has 1 atom stereocenters. The van der Waals surface area contributed by atoms with Gasteiger partial charge in [0.05, 0.1) is 34.5 Å². The standard InChI is InChI=1S/C29H25N5O2/c1-18-4-2-7-26(34-18)28-27(32-17-33-28)20-8-9-25-22(13-20)14-23(15-31-25)19-5-3-6-21(12-19)29(35)36-24-10-11-30-16-24/h2-9,12-15,17,24,30H,10-11,16H2,1H3,(H,32,33)/t24-/m0/s1. The maximum absolute atomic E-state index is 12.7. The fourth-order valence-electron chi connectivity index (χ4n) is 4.60. The molecular formula is C29H25N5O2. The van der Waals surface area contributed by atoms with Gasteiger partial charge in [0.1, 0.15) is 6.10 Å². The van der Waals surface area contributed by atoms with Gasteiger partial charge in [-0.25, -0.2) is 9.78 Å². The van der Waals surface area contributed by atoms with E-state index in [-0.39, 0.29) is 12.1 Å². The summed E-state index contributed by atoms with van der Waals surface area (Å²) in [6.07, 6.45) is 4.31. The Balaban J connectivity index is 1.33. The summed E-state index contributed by atoms with van der Waals surface area (Å²) < 4.78 is 5.64. The molecule has 36 heavy (non-hydrogen) atoms. The Kier molecular flexibility index (Phi) is 5.75. The van der Waals surface area contributed by atoms with E-state index in [0.29, 0.717) is 12.1 Å². The van der Waals surface area contributed by atoms with Gasteiger partial charge in [-0.2, -0.15) is 0 Å². The first kappa shape index (κ1) is 22.1. The highest BCUT2D eigenvalue weighted by molar-refractivity contribution is 5.93. The van der Waals surface area contributed by atoms with Gasteiger partial charge in [0, 0.05) is 34.9 Å². The zero-order chi connectivity index (χ0) is 24.5. The van der Waals surface area contributed by atoms with Crippen molar-refractivity contribution in [3.05, 3.63) is 90.5 Å². The molecule has 0 saturated carbocycles. The van der Waals surface area contributed by atoms with Gasteiger partial charge in [0.25, 0.3) is 0 Å². The summed E-state index contributed by atoms with van der Waals surface area (Å²) in [4.78, 5) is 29.8. The molecule has 0 amide bonds. The number of hydrogen-bond donors (Lipinski definition) is 2. The summed E-state index contributed by atoms with van der Waals surface area (Å²) in [6, 6.07) is 21.7. The largest absolute Gasteiger partial charge is 0.457 e. The van der Waals surface area contributed by atoms with Gasteiger partial charge in [-0.15, -0.1) is 0 Å². The van der Waals surface area contributed by atoms with Crippen LogP contribution in [0.25, 0.3) is 44.7 Å². The summed E-state index contributed by atoms with van der Waals surface area (Å²) in [5.74, 6) is -0.294. The van der Waals surface area contributed by atoms with Crippen molar-refractivity contribution in [3.63, 3.8) is 0 Å². The Labute approximate surface area is 208 Å². The maximum atomic E-state index is 12.7. The Morgan fingerprint density at radius 3 is 2.72 bits per heavy atom. The molecule has 0 spiro atoms. The van der Waals surface area contributed by atoms with E-state index in [1.165, 1.54) is 0 Å². The molecule has 0 bridgehead atoms. The lowest BCUT2D eigenvalue weighted by Gasteiger charge is -2.11. The summed E-state index contributed by atoms with van der Waals surface area (Å²) >= 11 is 0. The molecule has 4 heterocycles. The van der Waals surface area contributed by atoms with Crippen LogP contribution in [0.15, 0.2) is 79.3 Å². The molecule has 0 radical (unpaired) electrons. The number of nitrogens with one attached hydrogen (secondary N) is 2. The van der Waals surface area contributed by atoms with Crippen LogP contribution < -0.4 is 5.32 Å². The van der Waals surface area contributed by atoms with E-state index in [9.17, 15) is 4.79 Å². The number of fused-ring (bicyclic) bond motifs is 1. The Morgan fingerprint density at radius 1 is 0.972 bits per heavy atom. The number of aromatic amines is 1. The number of pyridine rings is 2. The van der Waals surface area contributed by atoms with Crippen LogP contribution in [0.3, 0.4) is 0 Å². The van der Waals surface area contributed by atoms with Crippen molar-refractivity contribution in [1.82, 2.24) is 25.3 Å². The van der Waals surface area contributed by atoms with E-state index in [1.54, 1.807) is 12.4 Å². The average molecular weight is 476 g/mol. The lowest BCUT2D eigenvalue weighted by Crippen LogP contribution is -2.20. The van der Waals surface area contributed by atoms with E-state index < -0.39 is 0 Å². The number of esters is 1. The summed E-state index contributed by atoms with van der Waals surface area (Å²) in [5.41, 5.74) is 7.77. The number of carbonyl (C=O) groups is 1. The van der Waals surface area contributed by atoms with Crippen LogP contribution in [0.1, 0.15) is 22.5 Å². The molecule has 2 N–H and O–H groups in total. The van der Waals surface area contributed by atoms with Crippen LogP contribution in [-0.4, -0.2) is 45.1 Å². The van der Waals surface area contributed by atoms with Crippen molar-refractivity contribution in [2.75, 3.05) is 13.1 Å². The zero-order valence-electron chi connectivity index (χ0n) is 19.9. The van der Waals surface area contributed by atoms with Crippen LogP contribution in [0.5, 0.6) is 0 Å². The van der Waals surface area contributed by atoms with Gasteiger partial charge >= 0.3 is 5.97 Å². The number of aromatic nitrogens is 4. The molecule has 1 aliphatic rings. The highest BCUT2D eigenvalue weighted by Gasteiger charge is 2.20. The highest BCUT2D eigenvalue weighted by Crippen LogP contribution is 2.31.